The van der Waals surface area contributed by atoms with Gasteiger partial charge in [0.1, 0.15) is 6.33 Å². The van der Waals surface area contributed by atoms with E-state index in [1.54, 1.807) is 35.0 Å². The quantitative estimate of drug-likeness (QED) is 0.778. The van der Waals surface area contributed by atoms with Crippen molar-refractivity contribution < 1.29 is 0 Å². The van der Waals surface area contributed by atoms with Crippen molar-refractivity contribution in [2.45, 2.75) is 20.8 Å². The van der Waals surface area contributed by atoms with Gasteiger partial charge in [0.2, 0.25) is 11.9 Å². The number of rotatable bonds is 3. The molecule has 0 radical (unpaired) electrons. The third-order valence-corrected chi connectivity index (χ3v) is 3.41. The van der Waals surface area contributed by atoms with Gasteiger partial charge in [-0.3, -0.25) is 4.57 Å². The molecular formula is C13H16N8. The fourth-order valence-electron chi connectivity index (χ4n) is 1.97. The standard InChI is InChI=1S/C13H16N8/c1-8-9(2)19-21(10(8)3)13-17-11(14-4)16-12(18-13)20-6-5-15-7-20/h5-7H,1-4H3,(H,14,16,17,18). The predicted octanol–water partition coefficient (Wildman–Crippen LogP) is 1.21. The van der Waals surface area contributed by atoms with Gasteiger partial charge in [0, 0.05) is 25.1 Å². The van der Waals surface area contributed by atoms with Crippen LogP contribution in [0.15, 0.2) is 18.7 Å². The topological polar surface area (TPSA) is 86.3 Å². The molecule has 3 aromatic heterocycles. The van der Waals surface area contributed by atoms with Crippen molar-refractivity contribution in [2.75, 3.05) is 12.4 Å². The highest BCUT2D eigenvalue weighted by Gasteiger charge is 2.14. The molecule has 8 heteroatoms. The Kier molecular flexibility index (Phi) is 3.13. The van der Waals surface area contributed by atoms with E-state index in [1.807, 2.05) is 20.8 Å². The van der Waals surface area contributed by atoms with Crippen molar-refractivity contribution >= 4 is 5.95 Å². The van der Waals surface area contributed by atoms with Crippen molar-refractivity contribution in [1.82, 2.24) is 34.3 Å². The third-order valence-electron chi connectivity index (χ3n) is 3.41. The SMILES string of the molecule is CNc1nc(-n2ccnc2)nc(-n2nc(C)c(C)c2C)n1. The molecule has 108 valence electrons. The van der Waals surface area contributed by atoms with Crippen molar-refractivity contribution in [2.24, 2.45) is 0 Å². The molecule has 3 rings (SSSR count). The highest BCUT2D eigenvalue weighted by molar-refractivity contribution is 5.35. The molecule has 3 aromatic rings. The molecule has 3 heterocycles. The normalized spacial score (nSPS) is 10.9. The number of anilines is 1. The molecule has 0 aromatic carbocycles. The largest absolute Gasteiger partial charge is 0.357 e. The summed E-state index contributed by atoms with van der Waals surface area (Å²) in [7, 11) is 1.77. The summed E-state index contributed by atoms with van der Waals surface area (Å²) >= 11 is 0. The lowest BCUT2D eigenvalue weighted by Gasteiger charge is -2.08. The summed E-state index contributed by atoms with van der Waals surface area (Å²) in [4.78, 5) is 17.2. The van der Waals surface area contributed by atoms with Gasteiger partial charge in [-0.15, -0.1) is 0 Å². The number of aromatic nitrogens is 7. The Balaban J connectivity index is 2.18. The van der Waals surface area contributed by atoms with Crippen LogP contribution in [0.4, 0.5) is 5.95 Å². The average Bonchev–Trinajstić information content (AvgIpc) is 3.12. The number of hydrogen-bond donors (Lipinski definition) is 1. The Morgan fingerprint density at radius 1 is 1.05 bits per heavy atom. The van der Waals surface area contributed by atoms with E-state index in [4.69, 9.17) is 0 Å². The lowest BCUT2D eigenvalue weighted by Crippen LogP contribution is -2.12. The van der Waals surface area contributed by atoms with Crippen LogP contribution >= 0.6 is 0 Å². The van der Waals surface area contributed by atoms with Crippen LogP contribution < -0.4 is 5.32 Å². The first-order valence-corrected chi connectivity index (χ1v) is 6.55. The van der Waals surface area contributed by atoms with E-state index in [0.29, 0.717) is 17.8 Å². The summed E-state index contributed by atoms with van der Waals surface area (Å²) in [5.74, 6) is 1.45. The zero-order valence-electron chi connectivity index (χ0n) is 12.4. The van der Waals surface area contributed by atoms with Crippen molar-refractivity contribution in [1.29, 1.82) is 0 Å². The Morgan fingerprint density at radius 3 is 2.38 bits per heavy atom. The van der Waals surface area contributed by atoms with Crippen LogP contribution in [0.25, 0.3) is 11.9 Å². The molecule has 0 bridgehead atoms. The number of imidazole rings is 1. The van der Waals surface area contributed by atoms with Gasteiger partial charge in [0.25, 0.3) is 5.95 Å². The maximum absolute atomic E-state index is 4.49. The van der Waals surface area contributed by atoms with Crippen molar-refractivity contribution in [3.8, 4) is 11.9 Å². The molecule has 0 spiro atoms. The molecule has 0 unspecified atom stereocenters. The average molecular weight is 284 g/mol. The molecule has 0 aliphatic rings. The summed E-state index contributed by atoms with van der Waals surface area (Å²) < 4.78 is 3.46. The minimum Gasteiger partial charge on any atom is -0.357 e. The summed E-state index contributed by atoms with van der Waals surface area (Å²) in [5.41, 5.74) is 3.10. The van der Waals surface area contributed by atoms with E-state index in [9.17, 15) is 0 Å². The zero-order chi connectivity index (χ0) is 15.0. The first-order chi connectivity index (χ1) is 10.1. The number of nitrogens with zero attached hydrogens (tertiary/aromatic N) is 7. The third kappa shape index (κ3) is 2.24. The maximum Gasteiger partial charge on any atom is 0.257 e. The molecule has 8 nitrogen and oxygen atoms in total. The highest BCUT2D eigenvalue weighted by Crippen LogP contribution is 2.16. The smallest absolute Gasteiger partial charge is 0.257 e. The summed E-state index contributed by atoms with van der Waals surface area (Å²) in [6, 6.07) is 0. The second-order valence-corrected chi connectivity index (χ2v) is 4.69. The Morgan fingerprint density at radius 2 is 1.81 bits per heavy atom. The fraction of sp³-hybridized carbons (Fsp3) is 0.308. The second-order valence-electron chi connectivity index (χ2n) is 4.69. The lowest BCUT2D eigenvalue weighted by molar-refractivity contribution is 0.751. The molecular weight excluding hydrogens is 268 g/mol. The Labute approximate surface area is 121 Å². The number of aryl methyl sites for hydroxylation is 1. The van der Waals surface area contributed by atoms with Gasteiger partial charge in [0.15, 0.2) is 0 Å². The molecule has 21 heavy (non-hydrogen) atoms. The van der Waals surface area contributed by atoms with E-state index in [0.717, 1.165) is 17.0 Å². The summed E-state index contributed by atoms with van der Waals surface area (Å²) in [6.45, 7) is 6.00. The maximum atomic E-state index is 4.49. The van der Waals surface area contributed by atoms with Crippen LogP contribution in [0.5, 0.6) is 0 Å². The minimum absolute atomic E-state index is 0.478. The molecule has 0 aliphatic heterocycles. The number of hydrogen-bond acceptors (Lipinski definition) is 6. The van der Waals surface area contributed by atoms with Crippen LogP contribution in [-0.2, 0) is 0 Å². The van der Waals surface area contributed by atoms with Crippen LogP contribution in [0.1, 0.15) is 17.0 Å². The molecule has 0 atom stereocenters. The van der Waals surface area contributed by atoms with Crippen LogP contribution in [-0.4, -0.2) is 41.3 Å². The molecule has 0 fully saturated rings. The van der Waals surface area contributed by atoms with E-state index in [1.165, 1.54) is 0 Å². The fourth-order valence-corrected chi connectivity index (χ4v) is 1.97. The Hall–Kier alpha value is -2.77. The van der Waals surface area contributed by atoms with Crippen LogP contribution in [0.2, 0.25) is 0 Å². The van der Waals surface area contributed by atoms with E-state index >= 15 is 0 Å². The molecule has 0 amide bonds. The van der Waals surface area contributed by atoms with Gasteiger partial charge in [-0.2, -0.15) is 20.1 Å². The molecule has 0 aliphatic carbocycles. The van der Waals surface area contributed by atoms with Gasteiger partial charge in [-0.05, 0) is 26.3 Å². The van der Waals surface area contributed by atoms with Gasteiger partial charge < -0.3 is 5.32 Å². The molecule has 0 saturated carbocycles. The highest BCUT2D eigenvalue weighted by atomic mass is 15.4. The second kappa shape index (κ2) is 4.97. The summed E-state index contributed by atoms with van der Waals surface area (Å²) in [6.07, 6.45) is 5.10. The first kappa shape index (κ1) is 13.2. The zero-order valence-corrected chi connectivity index (χ0v) is 12.4. The Bertz CT molecular complexity index is 772. The van der Waals surface area contributed by atoms with Crippen LogP contribution in [0, 0.1) is 20.8 Å². The summed E-state index contributed by atoms with van der Waals surface area (Å²) in [5, 5.41) is 7.43. The first-order valence-electron chi connectivity index (χ1n) is 6.55. The van der Waals surface area contributed by atoms with Gasteiger partial charge in [-0.1, -0.05) is 0 Å². The monoisotopic (exact) mass is 284 g/mol. The van der Waals surface area contributed by atoms with Crippen molar-refractivity contribution in [3.63, 3.8) is 0 Å². The molecule has 0 saturated heterocycles. The van der Waals surface area contributed by atoms with E-state index < -0.39 is 0 Å². The van der Waals surface area contributed by atoms with Gasteiger partial charge in [0.05, 0.1) is 5.69 Å². The lowest BCUT2D eigenvalue weighted by atomic mass is 10.2. The van der Waals surface area contributed by atoms with Gasteiger partial charge >= 0.3 is 0 Å². The van der Waals surface area contributed by atoms with E-state index in [2.05, 4.69) is 30.4 Å². The van der Waals surface area contributed by atoms with Crippen molar-refractivity contribution in [3.05, 3.63) is 35.7 Å². The number of nitrogens with one attached hydrogen (secondary N) is 1. The van der Waals surface area contributed by atoms with E-state index in [-0.39, 0.29) is 0 Å². The predicted molar refractivity (Wildman–Crippen MR) is 77.8 cm³/mol. The minimum atomic E-state index is 0.478. The van der Waals surface area contributed by atoms with Crippen LogP contribution in [0.3, 0.4) is 0 Å². The molecule has 1 N–H and O–H groups in total. The van der Waals surface area contributed by atoms with Gasteiger partial charge in [-0.25, -0.2) is 9.67 Å².